The van der Waals surface area contributed by atoms with Gasteiger partial charge in [0.05, 0.1) is 0 Å². The highest BCUT2D eigenvalue weighted by atomic mass is 31.2. The molecule has 0 aliphatic carbocycles. The van der Waals surface area contributed by atoms with Crippen molar-refractivity contribution in [1.82, 2.24) is 0 Å². The Labute approximate surface area is 111 Å². The van der Waals surface area contributed by atoms with Crippen molar-refractivity contribution in [3.63, 3.8) is 0 Å². The van der Waals surface area contributed by atoms with Gasteiger partial charge in [-0.2, -0.15) is 0 Å². The topological polar surface area (TPSA) is 0 Å². The predicted molar refractivity (Wildman–Crippen MR) is 87.2 cm³/mol. The molecular weight excluding hydrogens is 223 g/mol. The molecule has 0 saturated carbocycles. The molecule has 0 radical (unpaired) electrons. The van der Waals surface area contributed by atoms with Crippen LogP contribution >= 0.6 is 6.89 Å². The van der Waals surface area contributed by atoms with Crippen LogP contribution in [0.3, 0.4) is 0 Å². The van der Waals surface area contributed by atoms with E-state index in [4.69, 9.17) is 0 Å². The van der Waals surface area contributed by atoms with Gasteiger partial charge < -0.3 is 0 Å². The van der Waals surface area contributed by atoms with Gasteiger partial charge in [-0.3, -0.25) is 0 Å². The average molecular weight is 258 g/mol. The summed E-state index contributed by atoms with van der Waals surface area (Å²) in [5.74, 6) is 2.80. The van der Waals surface area contributed by atoms with Crippen LogP contribution in [0, 0.1) is 0 Å². The van der Waals surface area contributed by atoms with Crippen LogP contribution < -0.4 is 0 Å². The largest absolute Gasteiger partial charge is 0.109 e. The maximum absolute atomic E-state index is 2.80. The molecular formula is C16H35P. The molecule has 0 rings (SSSR count). The van der Waals surface area contributed by atoms with E-state index < -0.39 is 6.89 Å². The Bertz CT molecular complexity index is 177. The highest BCUT2D eigenvalue weighted by Gasteiger charge is 2.15. The molecule has 0 unspecified atom stereocenters. The van der Waals surface area contributed by atoms with E-state index in [1.807, 2.05) is 0 Å². The van der Waals surface area contributed by atoms with E-state index in [-0.39, 0.29) is 0 Å². The van der Waals surface area contributed by atoms with Gasteiger partial charge in [0.2, 0.25) is 0 Å². The monoisotopic (exact) mass is 258 g/mol. The van der Waals surface area contributed by atoms with E-state index in [1.165, 1.54) is 51.4 Å². The van der Waals surface area contributed by atoms with Crippen LogP contribution in [-0.2, 0) is 0 Å². The fraction of sp³-hybridized carbons (Fsp3) is 0.938. The van der Waals surface area contributed by atoms with Crippen LogP contribution in [0.15, 0.2) is 0 Å². The average Bonchev–Trinajstić information content (AvgIpc) is 2.37. The van der Waals surface area contributed by atoms with Crippen molar-refractivity contribution in [3.05, 3.63) is 0 Å². The molecule has 0 heterocycles. The molecule has 0 fully saturated rings. The molecule has 0 amide bonds. The lowest BCUT2D eigenvalue weighted by atomic mass is 10.4. The van der Waals surface area contributed by atoms with Crippen molar-refractivity contribution in [1.29, 1.82) is 0 Å². The number of hydrogen-bond acceptors (Lipinski definition) is 0. The van der Waals surface area contributed by atoms with Gasteiger partial charge in [0.1, 0.15) is 0 Å². The molecule has 0 aromatic carbocycles. The second-order valence-electron chi connectivity index (χ2n) is 5.42. The van der Waals surface area contributed by atoms with Gasteiger partial charge in [0.15, 0.2) is 0 Å². The standard InChI is InChI=1S/C16H35P/c1-5-9-13-17(14-10-6-2,15-11-7-3)16-12-8-4/h13H,5-12,14-16H2,1-4H3. The van der Waals surface area contributed by atoms with Crippen LogP contribution in [0.5, 0.6) is 0 Å². The van der Waals surface area contributed by atoms with Gasteiger partial charge in [-0.05, 0) is 44.2 Å². The second-order valence-corrected chi connectivity index (χ2v) is 9.57. The maximum Gasteiger partial charge on any atom is -0.0330 e. The normalized spacial score (nSPS) is 11.8. The number of rotatable bonds is 11. The summed E-state index contributed by atoms with van der Waals surface area (Å²) < 4.78 is 0. The zero-order valence-corrected chi connectivity index (χ0v) is 13.7. The Hall–Kier alpha value is 0.300. The zero-order chi connectivity index (χ0) is 13.0. The van der Waals surface area contributed by atoms with Crippen LogP contribution in [0.1, 0.15) is 79.1 Å². The summed E-state index contributed by atoms with van der Waals surface area (Å²) in [5.41, 5.74) is 0. The van der Waals surface area contributed by atoms with Crippen LogP contribution in [0.4, 0.5) is 0 Å². The van der Waals surface area contributed by atoms with E-state index in [2.05, 4.69) is 33.5 Å². The number of hydrogen-bond donors (Lipinski definition) is 0. The lowest BCUT2D eigenvalue weighted by Gasteiger charge is -2.27. The smallest absolute Gasteiger partial charge is 0.0330 e. The van der Waals surface area contributed by atoms with Crippen molar-refractivity contribution < 1.29 is 0 Å². The summed E-state index contributed by atoms with van der Waals surface area (Å²) in [6.45, 7) is 8.66. The molecule has 0 aromatic rings. The fourth-order valence-corrected chi connectivity index (χ4v) is 7.29. The van der Waals surface area contributed by atoms with Crippen LogP contribution in [0.25, 0.3) is 0 Å². The summed E-state index contributed by atoms with van der Waals surface area (Å²) >= 11 is 0. The fourth-order valence-electron chi connectivity index (χ4n) is 2.43. The summed E-state index contributed by atoms with van der Waals surface area (Å²) in [4.78, 5) is 0. The van der Waals surface area contributed by atoms with Crippen molar-refractivity contribution in [3.8, 4) is 0 Å². The molecule has 0 nitrogen and oxygen atoms in total. The lowest BCUT2D eigenvalue weighted by Crippen LogP contribution is -2.04. The van der Waals surface area contributed by atoms with Gasteiger partial charge in [0, 0.05) is 0 Å². The molecule has 1 heteroatoms. The molecule has 104 valence electrons. The SMILES string of the molecule is CCCC=P(CCCC)(CCCC)CCCC. The summed E-state index contributed by atoms with van der Waals surface area (Å²) in [5, 5.41) is 0. The number of unbranched alkanes of at least 4 members (excludes halogenated alkanes) is 4. The van der Waals surface area contributed by atoms with Crippen molar-refractivity contribution in [2.24, 2.45) is 0 Å². The maximum atomic E-state index is 2.80. The Morgan fingerprint density at radius 2 is 1.06 bits per heavy atom. The Balaban J connectivity index is 4.64. The molecule has 0 bridgehead atoms. The molecule has 0 saturated heterocycles. The van der Waals surface area contributed by atoms with Crippen molar-refractivity contribution >= 4 is 12.7 Å². The highest BCUT2D eigenvalue weighted by molar-refractivity contribution is 7.74. The highest BCUT2D eigenvalue weighted by Crippen LogP contribution is 2.49. The van der Waals surface area contributed by atoms with Gasteiger partial charge in [-0.1, -0.05) is 59.2 Å². The van der Waals surface area contributed by atoms with Gasteiger partial charge in [-0.15, -0.1) is 6.89 Å². The van der Waals surface area contributed by atoms with Gasteiger partial charge in [-0.25, -0.2) is 0 Å². The summed E-state index contributed by atoms with van der Waals surface area (Å²) in [7, 11) is 0. The minimum atomic E-state index is -0.687. The third-order valence-corrected chi connectivity index (χ3v) is 8.33. The Morgan fingerprint density at radius 3 is 1.35 bits per heavy atom. The van der Waals surface area contributed by atoms with Crippen LogP contribution in [0.2, 0.25) is 0 Å². The van der Waals surface area contributed by atoms with Crippen molar-refractivity contribution in [2.75, 3.05) is 18.5 Å². The van der Waals surface area contributed by atoms with E-state index in [0.717, 1.165) is 0 Å². The first-order valence-electron chi connectivity index (χ1n) is 7.94. The van der Waals surface area contributed by atoms with Crippen LogP contribution in [-0.4, -0.2) is 24.3 Å². The predicted octanol–water partition coefficient (Wildman–Crippen LogP) is 6.01. The van der Waals surface area contributed by atoms with Gasteiger partial charge in [0.25, 0.3) is 0 Å². The minimum Gasteiger partial charge on any atom is -0.109 e. The molecule has 0 atom stereocenters. The molecule has 17 heavy (non-hydrogen) atoms. The van der Waals surface area contributed by atoms with E-state index in [9.17, 15) is 0 Å². The molecule has 0 aliphatic heterocycles. The van der Waals surface area contributed by atoms with E-state index in [1.54, 1.807) is 18.5 Å². The third kappa shape index (κ3) is 8.09. The van der Waals surface area contributed by atoms with Crippen molar-refractivity contribution in [2.45, 2.75) is 79.1 Å². The zero-order valence-electron chi connectivity index (χ0n) is 12.8. The summed E-state index contributed by atoms with van der Waals surface area (Å²) in [6, 6.07) is 0. The lowest BCUT2D eigenvalue weighted by molar-refractivity contribution is 0.844. The first-order chi connectivity index (χ1) is 8.24. The summed E-state index contributed by atoms with van der Waals surface area (Å²) in [6.07, 6.45) is 15.8. The molecule has 0 spiro atoms. The molecule has 0 N–H and O–H groups in total. The Morgan fingerprint density at radius 1 is 0.647 bits per heavy atom. The Kier molecular flexibility index (Phi) is 11.6. The third-order valence-electron chi connectivity index (χ3n) is 3.68. The first kappa shape index (κ1) is 17.3. The van der Waals surface area contributed by atoms with Gasteiger partial charge >= 0.3 is 0 Å². The molecule has 0 aromatic heterocycles. The minimum absolute atomic E-state index is 0.687. The quantitative estimate of drug-likeness (QED) is 0.398. The molecule has 0 aliphatic rings. The van der Waals surface area contributed by atoms with E-state index >= 15 is 0 Å². The first-order valence-corrected chi connectivity index (χ1v) is 10.4. The second kappa shape index (κ2) is 11.4. The van der Waals surface area contributed by atoms with E-state index in [0.29, 0.717) is 0 Å².